The van der Waals surface area contributed by atoms with Crippen LogP contribution in [0.15, 0.2) is 42.5 Å². The number of halogens is 5. The third kappa shape index (κ3) is 5.28. The van der Waals surface area contributed by atoms with Gasteiger partial charge in [-0.3, -0.25) is 4.79 Å². The topological polar surface area (TPSA) is 38.3 Å². The molecule has 2 rings (SSSR count). The van der Waals surface area contributed by atoms with Gasteiger partial charge in [0.2, 0.25) is 5.91 Å². The van der Waals surface area contributed by atoms with Crippen LogP contribution >= 0.6 is 23.2 Å². The van der Waals surface area contributed by atoms with Crippen LogP contribution in [0.5, 0.6) is 5.75 Å². The fourth-order valence-electron chi connectivity index (χ4n) is 2.07. The third-order valence-electron chi connectivity index (χ3n) is 3.50. The summed E-state index contributed by atoms with van der Waals surface area (Å²) < 4.78 is 40.2. The van der Waals surface area contributed by atoms with Crippen LogP contribution in [0.2, 0.25) is 10.0 Å². The Balaban J connectivity index is 2.15. The van der Waals surface area contributed by atoms with Gasteiger partial charge in [-0.1, -0.05) is 23.2 Å². The van der Waals surface area contributed by atoms with Gasteiger partial charge in [-0.2, -0.15) is 0 Å². The van der Waals surface area contributed by atoms with E-state index in [4.69, 9.17) is 23.2 Å². The number of hydrogen-bond donors (Lipinski definition) is 1. The summed E-state index contributed by atoms with van der Waals surface area (Å²) in [5.74, 6) is -0.735. The second-order valence-corrected chi connectivity index (χ2v) is 6.68. The molecule has 0 fully saturated rings. The molecule has 0 atom stereocenters. The van der Waals surface area contributed by atoms with Crippen molar-refractivity contribution in [1.82, 2.24) is 0 Å². The first-order chi connectivity index (χ1) is 11.5. The second kappa shape index (κ2) is 7.14. The van der Waals surface area contributed by atoms with E-state index < -0.39 is 11.8 Å². The van der Waals surface area contributed by atoms with Crippen molar-refractivity contribution in [3.05, 3.63) is 58.1 Å². The Morgan fingerprint density at radius 1 is 1.00 bits per heavy atom. The van der Waals surface area contributed by atoms with E-state index in [1.807, 2.05) is 0 Å². The fraction of sp³-hybridized carbons (Fsp3) is 0.235. The van der Waals surface area contributed by atoms with Crippen LogP contribution in [0.3, 0.4) is 0 Å². The van der Waals surface area contributed by atoms with Gasteiger partial charge in [-0.25, -0.2) is 0 Å². The smallest absolute Gasteiger partial charge is 0.406 e. The Morgan fingerprint density at radius 3 is 2.00 bits per heavy atom. The predicted molar refractivity (Wildman–Crippen MR) is 91.2 cm³/mol. The van der Waals surface area contributed by atoms with E-state index in [0.717, 1.165) is 12.1 Å². The zero-order valence-corrected chi connectivity index (χ0v) is 14.8. The van der Waals surface area contributed by atoms with Gasteiger partial charge < -0.3 is 10.1 Å². The third-order valence-corrected chi connectivity index (χ3v) is 3.93. The summed E-state index contributed by atoms with van der Waals surface area (Å²) in [7, 11) is 0. The molecule has 0 aliphatic carbocycles. The van der Waals surface area contributed by atoms with Crippen LogP contribution in [-0.4, -0.2) is 12.3 Å². The molecule has 0 saturated heterocycles. The first-order valence-corrected chi connectivity index (χ1v) is 7.87. The summed E-state index contributed by atoms with van der Waals surface area (Å²) in [6.45, 7) is 3.37. The number of carbonyl (C=O) groups is 1. The lowest BCUT2D eigenvalue weighted by Crippen LogP contribution is -2.34. The van der Waals surface area contributed by atoms with Crippen molar-refractivity contribution in [1.29, 1.82) is 0 Å². The maximum Gasteiger partial charge on any atom is 0.573 e. The molecule has 0 radical (unpaired) electrons. The number of ether oxygens (including phenoxy) is 1. The first-order valence-electron chi connectivity index (χ1n) is 7.11. The Labute approximate surface area is 152 Å². The van der Waals surface area contributed by atoms with Crippen LogP contribution < -0.4 is 10.1 Å². The highest BCUT2D eigenvalue weighted by Gasteiger charge is 2.32. The van der Waals surface area contributed by atoms with Gasteiger partial charge in [0.25, 0.3) is 0 Å². The lowest BCUT2D eigenvalue weighted by atomic mass is 9.83. The molecular formula is C17H14Cl2F3NO2. The number of anilines is 1. The van der Waals surface area contributed by atoms with E-state index in [1.54, 1.807) is 32.0 Å². The number of rotatable bonds is 4. The van der Waals surface area contributed by atoms with Crippen molar-refractivity contribution >= 4 is 34.8 Å². The van der Waals surface area contributed by atoms with Crippen molar-refractivity contribution < 1.29 is 22.7 Å². The molecule has 0 heterocycles. The minimum absolute atomic E-state index is 0.334. The molecule has 1 amide bonds. The Morgan fingerprint density at radius 2 is 1.52 bits per heavy atom. The van der Waals surface area contributed by atoms with Crippen molar-refractivity contribution in [3.8, 4) is 5.75 Å². The van der Waals surface area contributed by atoms with E-state index >= 15 is 0 Å². The summed E-state index contributed by atoms with van der Waals surface area (Å²) in [5, 5.41) is 3.45. The van der Waals surface area contributed by atoms with Gasteiger partial charge in [-0.15, -0.1) is 13.2 Å². The highest BCUT2D eigenvalue weighted by Crippen LogP contribution is 2.31. The van der Waals surface area contributed by atoms with Gasteiger partial charge in [0, 0.05) is 15.7 Å². The maximum atomic E-state index is 12.6. The second-order valence-electron chi connectivity index (χ2n) is 5.81. The Hall–Kier alpha value is -1.92. The molecular weight excluding hydrogens is 378 g/mol. The fourth-order valence-corrected chi connectivity index (χ4v) is 2.60. The molecule has 2 aromatic rings. The molecule has 0 bridgehead atoms. The van der Waals surface area contributed by atoms with Crippen LogP contribution in [0.1, 0.15) is 19.4 Å². The average molecular weight is 392 g/mol. The number of benzene rings is 2. The molecule has 0 saturated carbocycles. The van der Waals surface area contributed by atoms with Crippen molar-refractivity contribution in [3.63, 3.8) is 0 Å². The Kier molecular flexibility index (Phi) is 5.54. The number of nitrogens with one attached hydrogen (secondary N) is 1. The summed E-state index contributed by atoms with van der Waals surface area (Å²) in [5.41, 5.74) is -0.0179. The van der Waals surface area contributed by atoms with Crippen LogP contribution in [-0.2, 0) is 10.2 Å². The van der Waals surface area contributed by atoms with Crippen LogP contribution in [0.4, 0.5) is 18.9 Å². The predicted octanol–water partition coefficient (Wildman–Crippen LogP) is 5.81. The maximum absolute atomic E-state index is 12.6. The number of hydrogen-bond acceptors (Lipinski definition) is 2. The molecule has 1 N–H and O–H groups in total. The Bertz CT molecular complexity index is 754. The van der Waals surface area contributed by atoms with E-state index in [9.17, 15) is 18.0 Å². The van der Waals surface area contributed by atoms with Crippen LogP contribution in [0, 0.1) is 0 Å². The molecule has 0 aliphatic heterocycles. The van der Waals surface area contributed by atoms with Gasteiger partial charge in [0.1, 0.15) is 5.75 Å². The van der Waals surface area contributed by atoms with Crippen molar-refractivity contribution in [2.75, 3.05) is 5.32 Å². The molecule has 134 valence electrons. The molecule has 25 heavy (non-hydrogen) atoms. The van der Waals surface area contributed by atoms with Crippen molar-refractivity contribution in [2.45, 2.75) is 25.6 Å². The standard InChI is InChI=1S/C17H14Cl2F3NO2/c1-16(2,10-7-11(18)9-12(19)8-10)15(24)23-13-3-5-14(6-4-13)25-17(20,21)22/h3-9H,1-2H3,(H,23,24). The minimum Gasteiger partial charge on any atom is -0.406 e. The number of alkyl halides is 3. The molecule has 0 unspecified atom stereocenters. The van der Waals surface area contributed by atoms with E-state index in [1.165, 1.54) is 12.1 Å². The normalized spacial score (nSPS) is 12.0. The molecule has 8 heteroatoms. The van der Waals surface area contributed by atoms with Gasteiger partial charge >= 0.3 is 6.36 Å². The molecule has 0 spiro atoms. The first kappa shape index (κ1) is 19.4. The van der Waals surface area contributed by atoms with E-state index in [0.29, 0.717) is 21.3 Å². The highest BCUT2D eigenvalue weighted by atomic mass is 35.5. The zero-order chi connectivity index (χ0) is 18.8. The van der Waals surface area contributed by atoms with E-state index in [2.05, 4.69) is 10.1 Å². The lowest BCUT2D eigenvalue weighted by molar-refractivity contribution is -0.274. The van der Waals surface area contributed by atoms with E-state index in [-0.39, 0.29) is 11.7 Å². The number of amides is 1. The largest absolute Gasteiger partial charge is 0.573 e. The quantitative estimate of drug-likeness (QED) is 0.713. The molecule has 2 aromatic carbocycles. The molecule has 0 aromatic heterocycles. The molecule has 3 nitrogen and oxygen atoms in total. The monoisotopic (exact) mass is 391 g/mol. The minimum atomic E-state index is -4.77. The van der Waals surface area contributed by atoms with Crippen molar-refractivity contribution in [2.24, 2.45) is 0 Å². The summed E-state index contributed by atoms with van der Waals surface area (Å²) in [6.07, 6.45) is -4.77. The highest BCUT2D eigenvalue weighted by molar-refractivity contribution is 6.34. The zero-order valence-electron chi connectivity index (χ0n) is 13.2. The summed E-state index contributed by atoms with van der Waals surface area (Å²) >= 11 is 11.9. The average Bonchev–Trinajstić information content (AvgIpc) is 2.46. The SMILES string of the molecule is CC(C)(C(=O)Nc1ccc(OC(F)(F)F)cc1)c1cc(Cl)cc(Cl)c1. The molecule has 0 aliphatic rings. The number of carbonyl (C=O) groups excluding carboxylic acids is 1. The van der Waals surface area contributed by atoms with Gasteiger partial charge in [0.15, 0.2) is 0 Å². The van der Waals surface area contributed by atoms with Gasteiger partial charge in [0.05, 0.1) is 5.41 Å². The van der Waals surface area contributed by atoms with Crippen LogP contribution in [0.25, 0.3) is 0 Å². The lowest BCUT2D eigenvalue weighted by Gasteiger charge is -2.24. The van der Waals surface area contributed by atoms with Gasteiger partial charge in [-0.05, 0) is 61.9 Å². The summed E-state index contributed by atoms with van der Waals surface area (Å²) in [4.78, 5) is 12.6. The summed E-state index contributed by atoms with van der Waals surface area (Å²) in [6, 6.07) is 9.69.